The molecule has 5 nitrogen and oxygen atoms in total. The molecule has 3 aromatic rings. The van der Waals surface area contributed by atoms with Crippen LogP contribution in [0, 0.1) is 6.92 Å². The number of likely N-dealkylation sites (N-methyl/N-ethyl adjacent to an activating group) is 1. The van der Waals surface area contributed by atoms with Gasteiger partial charge < -0.3 is 15.3 Å². The van der Waals surface area contributed by atoms with Crippen LogP contribution < -0.4 is 5.32 Å². The fourth-order valence-electron chi connectivity index (χ4n) is 5.61. The number of carbonyl (C=O) groups excluding carboxylic acids is 1. The molecule has 33 heavy (non-hydrogen) atoms. The molecule has 0 saturated carbocycles. The molecule has 1 amide bonds. The van der Waals surface area contributed by atoms with E-state index in [9.17, 15) is 14.7 Å². The molecule has 0 saturated heterocycles. The van der Waals surface area contributed by atoms with Gasteiger partial charge in [-0.25, -0.2) is 4.79 Å². The van der Waals surface area contributed by atoms with Gasteiger partial charge in [0, 0.05) is 24.3 Å². The van der Waals surface area contributed by atoms with Gasteiger partial charge in [-0.15, -0.1) is 0 Å². The average Bonchev–Trinajstić information content (AvgIpc) is 3.17. The Kier molecular flexibility index (Phi) is 5.00. The van der Waals surface area contributed by atoms with Crippen molar-refractivity contribution in [2.45, 2.75) is 44.7 Å². The van der Waals surface area contributed by atoms with Crippen LogP contribution in [0.25, 0.3) is 0 Å². The summed E-state index contributed by atoms with van der Waals surface area (Å²) in [6, 6.07) is 19.4. The minimum Gasteiger partial charge on any atom is -0.478 e. The Morgan fingerprint density at radius 2 is 1.67 bits per heavy atom. The zero-order chi connectivity index (χ0) is 23.3. The third-order valence-corrected chi connectivity index (χ3v) is 7.33. The van der Waals surface area contributed by atoms with Gasteiger partial charge in [0.15, 0.2) is 0 Å². The number of carboxylic acid groups (broad SMARTS) is 1. The summed E-state index contributed by atoms with van der Waals surface area (Å²) in [4.78, 5) is 27.2. The van der Waals surface area contributed by atoms with Gasteiger partial charge in [0.25, 0.3) is 5.91 Å². The Labute approximate surface area is 194 Å². The number of para-hydroxylation sites is 1. The predicted molar refractivity (Wildman–Crippen MR) is 129 cm³/mol. The first-order valence-electron chi connectivity index (χ1n) is 11.4. The van der Waals surface area contributed by atoms with E-state index in [0.29, 0.717) is 5.69 Å². The Morgan fingerprint density at radius 1 is 1.03 bits per heavy atom. The summed E-state index contributed by atoms with van der Waals surface area (Å²) < 4.78 is 0. The molecule has 0 radical (unpaired) electrons. The lowest BCUT2D eigenvalue weighted by Crippen LogP contribution is -2.55. The van der Waals surface area contributed by atoms with Crippen LogP contribution >= 0.6 is 0 Å². The molecular weight excluding hydrogens is 412 g/mol. The first kappa shape index (κ1) is 21.3. The van der Waals surface area contributed by atoms with E-state index in [2.05, 4.69) is 35.6 Å². The number of hydrogen-bond donors (Lipinski definition) is 2. The van der Waals surface area contributed by atoms with Crippen molar-refractivity contribution in [3.05, 3.63) is 99.6 Å². The number of carbonyl (C=O) groups is 2. The van der Waals surface area contributed by atoms with E-state index in [0.717, 1.165) is 41.5 Å². The molecule has 1 spiro atoms. The number of rotatable bonds is 4. The van der Waals surface area contributed by atoms with Crippen molar-refractivity contribution in [1.29, 1.82) is 0 Å². The Hall–Kier alpha value is -3.60. The lowest BCUT2D eigenvalue weighted by molar-refractivity contribution is 0.0533. The topological polar surface area (TPSA) is 69.6 Å². The van der Waals surface area contributed by atoms with Gasteiger partial charge in [0.05, 0.1) is 11.1 Å². The summed E-state index contributed by atoms with van der Waals surface area (Å²) in [6.07, 6.45) is 2.48. The summed E-state index contributed by atoms with van der Waals surface area (Å²) >= 11 is 0. The highest BCUT2D eigenvalue weighted by Gasteiger charge is 2.47. The SMILES string of the molecule is Cc1cc2c(c(C(C)Nc3ccccc3C(=O)O)c1)CC1(Cc3ccccc3C1)N(C)C2=O. The van der Waals surface area contributed by atoms with Gasteiger partial charge in [-0.2, -0.15) is 0 Å². The van der Waals surface area contributed by atoms with Gasteiger partial charge in [-0.05, 0) is 79.1 Å². The minimum atomic E-state index is -0.962. The van der Waals surface area contributed by atoms with E-state index in [1.54, 1.807) is 18.2 Å². The highest BCUT2D eigenvalue weighted by molar-refractivity contribution is 5.98. The van der Waals surface area contributed by atoms with E-state index < -0.39 is 5.97 Å². The molecule has 0 fully saturated rings. The van der Waals surface area contributed by atoms with Crippen molar-refractivity contribution in [2.75, 3.05) is 12.4 Å². The van der Waals surface area contributed by atoms with Gasteiger partial charge in [-0.1, -0.05) is 42.5 Å². The van der Waals surface area contributed by atoms with Crippen LogP contribution in [-0.4, -0.2) is 34.5 Å². The maximum Gasteiger partial charge on any atom is 0.337 e. The molecular formula is C28H28N2O3. The lowest BCUT2D eigenvalue weighted by atomic mass is 9.77. The number of nitrogens with one attached hydrogen (secondary N) is 1. The van der Waals surface area contributed by atoms with Gasteiger partial charge >= 0.3 is 5.97 Å². The number of hydrogen-bond acceptors (Lipinski definition) is 3. The maximum absolute atomic E-state index is 13.6. The fourth-order valence-corrected chi connectivity index (χ4v) is 5.61. The number of benzene rings is 3. The van der Waals surface area contributed by atoms with Crippen LogP contribution in [0.3, 0.4) is 0 Å². The number of aryl methyl sites for hydroxylation is 1. The highest BCUT2D eigenvalue weighted by atomic mass is 16.4. The fraction of sp³-hybridized carbons (Fsp3) is 0.286. The van der Waals surface area contributed by atoms with Gasteiger partial charge in [0.2, 0.25) is 0 Å². The van der Waals surface area contributed by atoms with E-state index >= 15 is 0 Å². The molecule has 1 aliphatic carbocycles. The van der Waals surface area contributed by atoms with Crippen molar-refractivity contribution >= 4 is 17.6 Å². The highest BCUT2D eigenvalue weighted by Crippen LogP contribution is 2.43. The van der Waals surface area contributed by atoms with Crippen molar-refractivity contribution in [2.24, 2.45) is 0 Å². The second-order valence-electron chi connectivity index (χ2n) is 9.48. The molecule has 2 N–H and O–H groups in total. The van der Waals surface area contributed by atoms with E-state index in [-0.39, 0.29) is 23.1 Å². The van der Waals surface area contributed by atoms with Crippen molar-refractivity contribution in [3.8, 4) is 0 Å². The van der Waals surface area contributed by atoms with Crippen LogP contribution in [0.1, 0.15) is 61.5 Å². The maximum atomic E-state index is 13.6. The first-order chi connectivity index (χ1) is 15.8. The third kappa shape index (κ3) is 3.48. The molecule has 1 heterocycles. The molecule has 1 unspecified atom stereocenters. The molecule has 5 heteroatoms. The molecule has 1 aliphatic heterocycles. The second kappa shape index (κ2) is 7.77. The van der Waals surface area contributed by atoms with Crippen LogP contribution in [0.4, 0.5) is 5.69 Å². The first-order valence-corrected chi connectivity index (χ1v) is 11.4. The quantitative estimate of drug-likeness (QED) is 0.597. The molecule has 2 aliphatic rings. The van der Waals surface area contributed by atoms with E-state index in [1.165, 1.54) is 11.1 Å². The summed E-state index contributed by atoms with van der Waals surface area (Å²) in [6.45, 7) is 4.04. The Bertz CT molecular complexity index is 1250. The number of nitrogens with zero attached hydrogens (tertiary/aromatic N) is 1. The second-order valence-corrected chi connectivity index (χ2v) is 9.48. The number of amides is 1. The van der Waals surface area contributed by atoms with Crippen LogP contribution in [0.15, 0.2) is 60.7 Å². The number of carboxylic acids is 1. The standard InChI is InChI=1S/C28H28N2O3/c1-17-12-22(18(2)29-25-11-7-6-10-21(25)27(32)33)24-16-28(30(3)26(31)23(24)13-17)14-19-8-4-5-9-20(19)15-28/h4-13,18,29H,14-16H2,1-3H3,(H,32,33). The summed E-state index contributed by atoms with van der Waals surface area (Å²) in [7, 11) is 1.93. The monoisotopic (exact) mass is 440 g/mol. The molecule has 0 aromatic heterocycles. The average molecular weight is 441 g/mol. The number of aromatic carboxylic acids is 1. The molecule has 3 aromatic carbocycles. The normalized spacial score (nSPS) is 16.9. The summed E-state index contributed by atoms with van der Waals surface area (Å²) in [5, 5.41) is 13.0. The van der Waals surface area contributed by atoms with Gasteiger partial charge in [0.1, 0.15) is 0 Å². The zero-order valence-electron chi connectivity index (χ0n) is 19.2. The Balaban J connectivity index is 1.56. The Morgan fingerprint density at radius 3 is 2.33 bits per heavy atom. The minimum absolute atomic E-state index is 0.0622. The largest absolute Gasteiger partial charge is 0.478 e. The smallest absolute Gasteiger partial charge is 0.337 e. The van der Waals surface area contributed by atoms with Crippen LogP contribution in [0.5, 0.6) is 0 Å². The molecule has 168 valence electrons. The molecule has 1 atom stereocenters. The molecule has 5 rings (SSSR count). The predicted octanol–water partition coefficient (Wildman–Crippen LogP) is 5.03. The number of anilines is 1. The van der Waals surface area contributed by atoms with Gasteiger partial charge in [-0.3, -0.25) is 4.79 Å². The molecule has 0 bridgehead atoms. The van der Waals surface area contributed by atoms with Crippen molar-refractivity contribution in [1.82, 2.24) is 4.90 Å². The zero-order valence-corrected chi connectivity index (χ0v) is 19.2. The van der Waals surface area contributed by atoms with E-state index in [1.807, 2.05) is 37.9 Å². The van der Waals surface area contributed by atoms with Crippen LogP contribution in [-0.2, 0) is 19.3 Å². The van der Waals surface area contributed by atoms with E-state index in [4.69, 9.17) is 0 Å². The third-order valence-electron chi connectivity index (χ3n) is 7.33. The number of fused-ring (bicyclic) bond motifs is 2. The lowest BCUT2D eigenvalue weighted by Gasteiger charge is -2.44. The van der Waals surface area contributed by atoms with Crippen LogP contribution in [0.2, 0.25) is 0 Å². The summed E-state index contributed by atoms with van der Waals surface area (Å²) in [5.74, 6) is -0.900. The van der Waals surface area contributed by atoms with Crippen molar-refractivity contribution < 1.29 is 14.7 Å². The summed E-state index contributed by atoms with van der Waals surface area (Å²) in [5.41, 5.74) is 7.10. The van der Waals surface area contributed by atoms with Crippen molar-refractivity contribution in [3.63, 3.8) is 0 Å².